The minimum absolute atomic E-state index is 0.0283. The van der Waals surface area contributed by atoms with E-state index in [1.54, 1.807) is 11.3 Å². The topological polar surface area (TPSA) is 73.2 Å². The van der Waals surface area contributed by atoms with Crippen molar-refractivity contribution in [3.05, 3.63) is 45.1 Å². The molecule has 3 aromatic rings. The highest BCUT2D eigenvalue weighted by Crippen LogP contribution is 2.36. The third-order valence-electron chi connectivity index (χ3n) is 5.99. The standard InChI is InChI=1S/C24H29N3O3S2/c1-5-30-19-13-9-8-12-18(19)25-21(28)16(4)32-24-26-22-20(14(2)15(3)31-22)23(29)27(24)17-10-6-7-11-17/h8-9,12-13,16-17H,5-7,10-11H2,1-4H3,(H,25,28). The maximum Gasteiger partial charge on any atom is 0.263 e. The number of nitrogens with zero attached hydrogens (tertiary/aromatic N) is 2. The van der Waals surface area contributed by atoms with Crippen molar-refractivity contribution in [3.8, 4) is 5.75 Å². The lowest BCUT2D eigenvalue weighted by Gasteiger charge is -2.20. The summed E-state index contributed by atoms with van der Waals surface area (Å²) < 4.78 is 7.48. The first-order valence-electron chi connectivity index (χ1n) is 11.1. The molecule has 1 saturated carbocycles. The molecule has 6 nitrogen and oxygen atoms in total. The van der Waals surface area contributed by atoms with Crippen LogP contribution in [-0.4, -0.2) is 27.3 Å². The van der Waals surface area contributed by atoms with Gasteiger partial charge in [0.25, 0.3) is 5.56 Å². The number of carbonyl (C=O) groups is 1. The Bertz CT molecular complexity index is 1200. The highest BCUT2D eigenvalue weighted by molar-refractivity contribution is 8.00. The fourth-order valence-electron chi connectivity index (χ4n) is 4.15. The Labute approximate surface area is 196 Å². The van der Waals surface area contributed by atoms with Crippen molar-refractivity contribution in [1.29, 1.82) is 0 Å². The van der Waals surface area contributed by atoms with Gasteiger partial charge in [0, 0.05) is 10.9 Å². The summed E-state index contributed by atoms with van der Waals surface area (Å²) in [6, 6.07) is 7.56. The van der Waals surface area contributed by atoms with Crippen LogP contribution in [0, 0.1) is 13.8 Å². The third-order valence-corrected chi connectivity index (χ3v) is 8.16. The van der Waals surface area contributed by atoms with Crippen LogP contribution in [0.2, 0.25) is 0 Å². The summed E-state index contributed by atoms with van der Waals surface area (Å²) >= 11 is 2.90. The molecule has 1 unspecified atom stereocenters. The molecule has 0 saturated heterocycles. The average Bonchev–Trinajstić information content (AvgIpc) is 3.38. The summed E-state index contributed by atoms with van der Waals surface area (Å²) in [5.41, 5.74) is 1.69. The average molecular weight is 472 g/mol. The Morgan fingerprint density at radius 3 is 2.75 bits per heavy atom. The van der Waals surface area contributed by atoms with Gasteiger partial charge in [-0.05, 0) is 58.2 Å². The fraction of sp³-hybridized carbons (Fsp3) is 0.458. The maximum absolute atomic E-state index is 13.5. The molecule has 1 fully saturated rings. The SMILES string of the molecule is CCOc1ccccc1NC(=O)C(C)Sc1nc2sc(C)c(C)c2c(=O)n1C1CCCC1. The minimum Gasteiger partial charge on any atom is -0.492 e. The molecule has 0 radical (unpaired) electrons. The number of aromatic nitrogens is 2. The first-order valence-corrected chi connectivity index (χ1v) is 12.8. The van der Waals surface area contributed by atoms with Crippen molar-refractivity contribution < 1.29 is 9.53 Å². The van der Waals surface area contributed by atoms with E-state index in [1.807, 2.05) is 56.5 Å². The first kappa shape index (κ1) is 22.9. The van der Waals surface area contributed by atoms with Gasteiger partial charge in [-0.1, -0.05) is 36.7 Å². The number of nitrogens with one attached hydrogen (secondary N) is 1. The van der Waals surface area contributed by atoms with Crippen LogP contribution in [0.4, 0.5) is 5.69 Å². The molecule has 1 aliphatic carbocycles. The van der Waals surface area contributed by atoms with Crippen molar-refractivity contribution >= 4 is 44.9 Å². The maximum atomic E-state index is 13.5. The predicted molar refractivity (Wildman–Crippen MR) is 132 cm³/mol. The second-order valence-corrected chi connectivity index (χ2v) is 10.7. The van der Waals surface area contributed by atoms with Crippen molar-refractivity contribution in [3.63, 3.8) is 0 Å². The van der Waals surface area contributed by atoms with Gasteiger partial charge >= 0.3 is 0 Å². The first-order chi connectivity index (χ1) is 15.4. The van der Waals surface area contributed by atoms with E-state index in [4.69, 9.17) is 9.72 Å². The van der Waals surface area contributed by atoms with Gasteiger partial charge in [0.15, 0.2) is 5.16 Å². The van der Waals surface area contributed by atoms with Crippen LogP contribution in [0.5, 0.6) is 5.75 Å². The molecule has 1 aliphatic rings. The smallest absolute Gasteiger partial charge is 0.263 e. The molecule has 4 rings (SSSR count). The lowest BCUT2D eigenvalue weighted by atomic mass is 10.2. The minimum atomic E-state index is -0.427. The van der Waals surface area contributed by atoms with Gasteiger partial charge in [-0.15, -0.1) is 11.3 Å². The number of fused-ring (bicyclic) bond motifs is 1. The lowest BCUT2D eigenvalue weighted by Crippen LogP contribution is -2.29. The second kappa shape index (κ2) is 9.67. The molecule has 0 aliphatic heterocycles. The van der Waals surface area contributed by atoms with Crippen molar-refractivity contribution in [2.45, 2.75) is 69.8 Å². The number of aryl methyl sites for hydroxylation is 2. The zero-order valence-electron chi connectivity index (χ0n) is 18.9. The number of hydrogen-bond donors (Lipinski definition) is 1. The van der Waals surface area contributed by atoms with Gasteiger partial charge in [-0.25, -0.2) is 4.98 Å². The zero-order chi connectivity index (χ0) is 22.8. The number of anilines is 1. The molecule has 0 bridgehead atoms. The normalized spacial score (nSPS) is 15.2. The van der Waals surface area contributed by atoms with E-state index in [1.165, 1.54) is 11.8 Å². The van der Waals surface area contributed by atoms with Crippen LogP contribution in [0.3, 0.4) is 0 Å². The summed E-state index contributed by atoms with van der Waals surface area (Å²) in [5, 5.41) is 3.91. The van der Waals surface area contributed by atoms with E-state index in [2.05, 4.69) is 5.32 Å². The molecule has 1 amide bonds. The van der Waals surface area contributed by atoms with Gasteiger partial charge in [0.05, 0.1) is 22.9 Å². The largest absolute Gasteiger partial charge is 0.492 e. The molecule has 8 heteroatoms. The number of thioether (sulfide) groups is 1. The van der Waals surface area contributed by atoms with Gasteiger partial charge in [0.2, 0.25) is 5.91 Å². The number of amides is 1. The Hall–Kier alpha value is -2.32. The highest BCUT2D eigenvalue weighted by Gasteiger charge is 2.27. The van der Waals surface area contributed by atoms with Crippen LogP contribution < -0.4 is 15.6 Å². The Balaban J connectivity index is 1.65. The summed E-state index contributed by atoms with van der Waals surface area (Å²) in [7, 11) is 0. The van der Waals surface area contributed by atoms with Crippen LogP contribution in [0.1, 0.15) is 56.0 Å². The summed E-state index contributed by atoms with van der Waals surface area (Å²) in [4.78, 5) is 33.3. The highest BCUT2D eigenvalue weighted by atomic mass is 32.2. The van der Waals surface area contributed by atoms with E-state index in [0.29, 0.717) is 23.2 Å². The monoisotopic (exact) mass is 471 g/mol. The van der Waals surface area contributed by atoms with Gasteiger partial charge in [-0.3, -0.25) is 14.2 Å². The fourth-order valence-corrected chi connectivity index (χ4v) is 6.20. The van der Waals surface area contributed by atoms with E-state index in [0.717, 1.165) is 46.3 Å². The molecule has 32 heavy (non-hydrogen) atoms. The van der Waals surface area contributed by atoms with E-state index >= 15 is 0 Å². The van der Waals surface area contributed by atoms with E-state index < -0.39 is 5.25 Å². The number of thiophene rings is 1. The Morgan fingerprint density at radius 2 is 2.03 bits per heavy atom. The van der Waals surface area contributed by atoms with Crippen molar-refractivity contribution in [2.75, 3.05) is 11.9 Å². The number of ether oxygens (including phenoxy) is 1. The lowest BCUT2D eigenvalue weighted by molar-refractivity contribution is -0.115. The van der Waals surface area contributed by atoms with Gasteiger partial charge < -0.3 is 10.1 Å². The number of rotatable bonds is 7. The predicted octanol–water partition coefficient (Wildman–Crippen LogP) is 5.71. The number of benzene rings is 1. The summed E-state index contributed by atoms with van der Waals surface area (Å²) in [6.07, 6.45) is 4.19. The Morgan fingerprint density at radius 1 is 1.31 bits per heavy atom. The molecular formula is C24H29N3O3S2. The second-order valence-electron chi connectivity index (χ2n) is 8.15. The molecular weight excluding hydrogens is 442 g/mol. The summed E-state index contributed by atoms with van der Waals surface area (Å²) in [5.74, 6) is 0.500. The number of hydrogen-bond acceptors (Lipinski definition) is 6. The molecule has 2 aromatic heterocycles. The molecule has 2 heterocycles. The zero-order valence-corrected chi connectivity index (χ0v) is 20.6. The quantitative estimate of drug-likeness (QED) is 0.353. The van der Waals surface area contributed by atoms with E-state index in [-0.39, 0.29) is 17.5 Å². The van der Waals surface area contributed by atoms with Gasteiger partial charge in [0.1, 0.15) is 10.6 Å². The van der Waals surface area contributed by atoms with Gasteiger partial charge in [-0.2, -0.15) is 0 Å². The summed E-state index contributed by atoms with van der Waals surface area (Å²) in [6.45, 7) is 8.31. The van der Waals surface area contributed by atoms with E-state index in [9.17, 15) is 9.59 Å². The van der Waals surface area contributed by atoms with Crippen molar-refractivity contribution in [2.24, 2.45) is 0 Å². The molecule has 1 N–H and O–H groups in total. The molecule has 0 spiro atoms. The number of para-hydroxylation sites is 2. The third kappa shape index (κ3) is 4.43. The molecule has 170 valence electrons. The Kier molecular flexibility index (Phi) is 6.90. The molecule has 1 aromatic carbocycles. The van der Waals surface area contributed by atoms with Crippen LogP contribution in [0.25, 0.3) is 10.2 Å². The van der Waals surface area contributed by atoms with Crippen LogP contribution >= 0.6 is 23.1 Å². The van der Waals surface area contributed by atoms with Crippen molar-refractivity contribution in [1.82, 2.24) is 9.55 Å². The number of carbonyl (C=O) groups excluding carboxylic acids is 1. The van der Waals surface area contributed by atoms with Crippen LogP contribution in [-0.2, 0) is 4.79 Å². The molecule has 1 atom stereocenters. The van der Waals surface area contributed by atoms with Crippen LogP contribution in [0.15, 0.2) is 34.2 Å².